The molecule has 0 bridgehead atoms. The van der Waals surface area contributed by atoms with Crippen LogP contribution in [-0.4, -0.2) is 58.3 Å². The molecule has 3 rings (SSSR count). The Morgan fingerprint density at radius 1 is 1.16 bits per heavy atom. The van der Waals surface area contributed by atoms with Crippen molar-refractivity contribution in [3.8, 4) is 11.8 Å². The van der Waals surface area contributed by atoms with Gasteiger partial charge in [-0.3, -0.25) is 29.5 Å². The molecule has 0 unspecified atom stereocenters. The van der Waals surface area contributed by atoms with E-state index in [-0.39, 0.29) is 43.3 Å². The number of carbonyl (C=O) groups excluding carboxylic acids is 2. The average molecular weight is 521 g/mol. The number of anilines is 1. The summed E-state index contributed by atoms with van der Waals surface area (Å²) in [6.07, 6.45) is 1.82. The van der Waals surface area contributed by atoms with Crippen molar-refractivity contribution in [3.63, 3.8) is 0 Å². The molecule has 0 saturated carbocycles. The molecule has 1 heterocycles. The highest BCUT2D eigenvalue weighted by molar-refractivity contribution is 6.09. The minimum absolute atomic E-state index is 0.00557. The zero-order valence-corrected chi connectivity index (χ0v) is 20.6. The average Bonchev–Trinajstić information content (AvgIpc) is 2.97. The number of nitro groups is 1. The van der Waals surface area contributed by atoms with Crippen LogP contribution in [0, 0.1) is 22.0 Å². The fraction of sp³-hybridized carbons (Fsp3) is 0.308. The lowest BCUT2D eigenvalue weighted by Crippen LogP contribution is -2.40. The Bertz CT molecular complexity index is 1320. The number of hydrogen-bond donors (Lipinski definition) is 3. The number of nitro benzene ring substituents is 1. The SMILES string of the molecule is NC(N)=NCCCCC#Cc1ccc2c(c1)C(=O)N(CCC(=O)O)CC(=O)N2Cc1cccc([N+](=O)[O-])c1. The maximum absolute atomic E-state index is 13.4. The van der Waals surface area contributed by atoms with Crippen molar-refractivity contribution in [2.75, 3.05) is 24.5 Å². The van der Waals surface area contributed by atoms with Crippen LogP contribution >= 0.6 is 0 Å². The first-order valence-electron chi connectivity index (χ1n) is 11.9. The third kappa shape index (κ3) is 7.54. The second-order valence-electron chi connectivity index (χ2n) is 8.57. The van der Waals surface area contributed by atoms with Gasteiger partial charge in [0.05, 0.1) is 29.1 Å². The first-order chi connectivity index (χ1) is 18.2. The van der Waals surface area contributed by atoms with E-state index in [0.717, 1.165) is 12.8 Å². The zero-order chi connectivity index (χ0) is 27.7. The zero-order valence-electron chi connectivity index (χ0n) is 20.6. The fourth-order valence-electron chi connectivity index (χ4n) is 3.88. The maximum atomic E-state index is 13.4. The van der Waals surface area contributed by atoms with Crippen molar-refractivity contribution in [2.24, 2.45) is 16.5 Å². The van der Waals surface area contributed by atoms with E-state index in [1.807, 2.05) is 0 Å². The van der Waals surface area contributed by atoms with Gasteiger partial charge in [-0.25, -0.2) is 0 Å². The third-order valence-corrected chi connectivity index (χ3v) is 5.73. The van der Waals surface area contributed by atoms with E-state index >= 15 is 0 Å². The number of guanidine groups is 1. The van der Waals surface area contributed by atoms with E-state index in [2.05, 4.69) is 16.8 Å². The normalized spacial score (nSPS) is 12.7. The van der Waals surface area contributed by atoms with Gasteiger partial charge in [-0.15, -0.1) is 0 Å². The molecule has 0 saturated heterocycles. The summed E-state index contributed by atoms with van der Waals surface area (Å²) in [5.74, 6) is 4.09. The van der Waals surface area contributed by atoms with E-state index in [4.69, 9.17) is 16.6 Å². The predicted molar refractivity (Wildman–Crippen MR) is 140 cm³/mol. The van der Waals surface area contributed by atoms with Gasteiger partial charge in [0.15, 0.2) is 5.96 Å². The molecule has 12 nitrogen and oxygen atoms in total. The van der Waals surface area contributed by atoms with E-state index in [9.17, 15) is 24.5 Å². The van der Waals surface area contributed by atoms with Gasteiger partial charge in [-0.05, 0) is 36.6 Å². The molecule has 0 aliphatic carbocycles. The van der Waals surface area contributed by atoms with Crippen molar-refractivity contribution >= 4 is 35.1 Å². The first-order valence-corrected chi connectivity index (χ1v) is 11.9. The van der Waals surface area contributed by atoms with Crippen LogP contribution in [0.5, 0.6) is 0 Å². The van der Waals surface area contributed by atoms with Crippen LogP contribution in [0.2, 0.25) is 0 Å². The number of carbonyl (C=O) groups is 3. The van der Waals surface area contributed by atoms with Gasteiger partial charge in [0.1, 0.15) is 6.54 Å². The summed E-state index contributed by atoms with van der Waals surface area (Å²) in [5.41, 5.74) is 12.1. The number of aliphatic carboxylic acids is 1. The molecule has 0 aromatic heterocycles. The van der Waals surface area contributed by atoms with Gasteiger partial charge in [0.25, 0.3) is 11.6 Å². The Hall–Kier alpha value is -4.92. The number of carboxylic acids is 1. The second-order valence-corrected chi connectivity index (χ2v) is 8.57. The summed E-state index contributed by atoms with van der Waals surface area (Å²) in [5, 5.41) is 20.3. The second kappa shape index (κ2) is 12.9. The molecule has 2 amide bonds. The lowest BCUT2D eigenvalue weighted by atomic mass is 10.1. The molecule has 0 spiro atoms. The number of amides is 2. The highest BCUT2D eigenvalue weighted by Crippen LogP contribution is 2.29. The number of carboxylic acid groups (broad SMARTS) is 1. The molecule has 2 aromatic carbocycles. The molecule has 0 radical (unpaired) electrons. The number of hydrogen-bond acceptors (Lipinski definition) is 6. The Kier molecular flexibility index (Phi) is 9.37. The largest absolute Gasteiger partial charge is 0.481 e. The number of non-ortho nitro benzene ring substituents is 1. The number of fused-ring (bicyclic) bond motifs is 1. The smallest absolute Gasteiger partial charge is 0.305 e. The first kappa shape index (κ1) is 27.7. The number of aliphatic imine (C=N–C) groups is 1. The van der Waals surface area contributed by atoms with Gasteiger partial charge in [0.2, 0.25) is 5.91 Å². The summed E-state index contributed by atoms with van der Waals surface area (Å²) >= 11 is 0. The van der Waals surface area contributed by atoms with Crippen LogP contribution < -0.4 is 16.4 Å². The molecule has 38 heavy (non-hydrogen) atoms. The van der Waals surface area contributed by atoms with Crippen molar-refractivity contribution in [3.05, 3.63) is 69.3 Å². The number of rotatable bonds is 10. The molecular formula is C26H28N6O6. The highest BCUT2D eigenvalue weighted by atomic mass is 16.6. The van der Waals surface area contributed by atoms with Crippen molar-refractivity contribution < 1.29 is 24.4 Å². The van der Waals surface area contributed by atoms with Crippen molar-refractivity contribution in [1.29, 1.82) is 0 Å². The van der Waals surface area contributed by atoms with E-state index in [1.165, 1.54) is 28.0 Å². The van der Waals surface area contributed by atoms with Crippen molar-refractivity contribution in [1.82, 2.24) is 4.90 Å². The lowest BCUT2D eigenvalue weighted by Gasteiger charge is -2.23. The minimum atomic E-state index is -1.09. The summed E-state index contributed by atoms with van der Waals surface area (Å²) in [6, 6.07) is 10.8. The van der Waals surface area contributed by atoms with Crippen LogP contribution in [0.3, 0.4) is 0 Å². The topological polar surface area (TPSA) is 185 Å². The number of benzene rings is 2. The van der Waals surface area contributed by atoms with Crippen LogP contribution in [0.25, 0.3) is 0 Å². The fourth-order valence-corrected chi connectivity index (χ4v) is 3.88. The molecular weight excluding hydrogens is 492 g/mol. The Morgan fingerprint density at radius 3 is 2.66 bits per heavy atom. The molecule has 1 aliphatic heterocycles. The Morgan fingerprint density at radius 2 is 1.95 bits per heavy atom. The third-order valence-electron chi connectivity index (χ3n) is 5.73. The van der Waals surface area contributed by atoms with Gasteiger partial charge >= 0.3 is 5.97 Å². The molecule has 5 N–H and O–H groups in total. The van der Waals surface area contributed by atoms with Crippen LogP contribution in [0.15, 0.2) is 47.5 Å². The van der Waals surface area contributed by atoms with E-state index in [0.29, 0.717) is 29.8 Å². The summed E-state index contributed by atoms with van der Waals surface area (Å²) < 4.78 is 0. The van der Waals surface area contributed by atoms with Crippen LogP contribution in [0.1, 0.15) is 47.2 Å². The summed E-state index contributed by atoms with van der Waals surface area (Å²) in [4.78, 5) is 54.9. The molecule has 2 aromatic rings. The molecule has 0 fully saturated rings. The molecule has 0 atom stereocenters. The van der Waals surface area contributed by atoms with E-state index in [1.54, 1.807) is 24.3 Å². The monoisotopic (exact) mass is 520 g/mol. The molecule has 1 aliphatic rings. The quantitative estimate of drug-likeness (QED) is 0.106. The minimum Gasteiger partial charge on any atom is -0.481 e. The predicted octanol–water partition coefficient (Wildman–Crippen LogP) is 1.85. The maximum Gasteiger partial charge on any atom is 0.305 e. The summed E-state index contributed by atoms with van der Waals surface area (Å²) in [6.45, 7) is 0.0363. The van der Waals surface area contributed by atoms with Gasteiger partial charge in [-0.1, -0.05) is 24.0 Å². The molecule has 198 valence electrons. The summed E-state index contributed by atoms with van der Waals surface area (Å²) in [7, 11) is 0. The van der Waals surface area contributed by atoms with Gasteiger partial charge in [-0.2, -0.15) is 0 Å². The van der Waals surface area contributed by atoms with Gasteiger partial charge < -0.3 is 26.4 Å². The standard InChI is InChI=1S/C26H28N6O6/c27-26(28)29-12-4-2-1-3-6-18-9-10-22-21(15-18)25(36)30(13-11-24(34)35)17-23(33)31(22)16-19-7-5-8-20(14-19)32(37)38/h5,7-10,14-15H,1-2,4,11-13,16-17H2,(H,34,35)(H4,27,28,29). The number of unbranched alkanes of at least 4 members (excludes halogenated alkanes) is 2. The van der Waals surface area contributed by atoms with Crippen LogP contribution in [-0.2, 0) is 16.1 Å². The number of nitrogens with two attached hydrogens (primary N) is 2. The van der Waals surface area contributed by atoms with Gasteiger partial charge in [0, 0.05) is 37.2 Å². The Labute approximate surface area is 219 Å². The highest BCUT2D eigenvalue weighted by Gasteiger charge is 2.32. The van der Waals surface area contributed by atoms with Crippen LogP contribution in [0.4, 0.5) is 11.4 Å². The Balaban J connectivity index is 1.89. The molecule has 12 heteroatoms. The number of nitrogens with zero attached hydrogens (tertiary/aromatic N) is 4. The van der Waals surface area contributed by atoms with Crippen molar-refractivity contribution in [2.45, 2.75) is 32.2 Å². The lowest BCUT2D eigenvalue weighted by molar-refractivity contribution is -0.384. The van der Waals surface area contributed by atoms with E-state index < -0.39 is 22.7 Å².